The molecule has 19 heavy (non-hydrogen) atoms. The normalized spacial score (nSPS) is 20.4. The van der Waals surface area contributed by atoms with Crippen molar-refractivity contribution in [2.24, 2.45) is 11.8 Å². The zero-order chi connectivity index (χ0) is 13.7. The molecular weight excluding hydrogens is 324 g/mol. The monoisotopic (exact) mass is 346 g/mol. The van der Waals surface area contributed by atoms with Crippen LogP contribution in [0.1, 0.15) is 37.0 Å². The molecule has 0 bridgehead atoms. The van der Waals surface area contributed by atoms with E-state index in [-0.39, 0.29) is 12.1 Å². The van der Waals surface area contributed by atoms with E-state index in [0.717, 1.165) is 6.42 Å². The second-order valence-electron chi connectivity index (χ2n) is 5.27. The van der Waals surface area contributed by atoms with Gasteiger partial charge in [-0.25, -0.2) is 0 Å². The van der Waals surface area contributed by atoms with Crippen LogP contribution in [0.25, 0.3) is 0 Å². The van der Waals surface area contributed by atoms with Gasteiger partial charge in [-0.1, -0.05) is 19.3 Å². The molecule has 0 saturated heterocycles. The summed E-state index contributed by atoms with van der Waals surface area (Å²) in [6, 6.07) is 2.28. The number of hydrazine groups is 1. The number of methoxy groups -OCH3 is 1. The number of ether oxygens (including phenoxy) is 1. The van der Waals surface area contributed by atoms with E-state index in [4.69, 9.17) is 10.6 Å². The molecule has 2 rings (SSSR count). The number of nitrogens with two attached hydrogens (primary N) is 1. The molecule has 0 amide bonds. The molecule has 3 N–H and O–H groups in total. The lowest BCUT2D eigenvalue weighted by Gasteiger charge is -2.34. The average molecular weight is 347 g/mol. The van der Waals surface area contributed by atoms with E-state index in [2.05, 4.69) is 32.8 Å². The van der Waals surface area contributed by atoms with Gasteiger partial charge in [0.2, 0.25) is 0 Å². The summed E-state index contributed by atoms with van der Waals surface area (Å²) in [5.74, 6) is 6.42. The van der Waals surface area contributed by atoms with Crippen LogP contribution in [0, 0.1) is 5.92 Å². The first kappa shape index (κ1) is 15.4. The molecule has 0 spiro atoms. The number of halogens is 1. The van der Waals surface area contributed by atoms with Gasteiger partial charge in [-0.3, -0.25) is 11.3 Å². The van der Waals surface area contributed by atoms with Crippen LogP contribution in [0.5, 0.6) is 0 Å². The topological polar surface area (TPSA) is 47.3 Å². The van der Waals surface area contributed by atoms with Gasteiger partial charge in [-0.15, -0.1) is 11.3 Å². The minimum atomic E-state index is 0.183. The molecule has 2 atom stereocenters. The quantitative estimate of drug-likeness (QED) is 0.612. The Labute approximate surface area is 128 Å². The molecule has 1 aliphatic carbocycles. The lowest BCUT2D eigenvalue weighted by atomic mass is 9.82. The third-order valence-electron chi connectivity index (χ3n) is 4.09. The molecule has 1 aliphatic rings. The SMILES string of the molecule is COC(C1CCCCC1)C(Cc1sccc1Br)NN. The van der Waals surface area contributed by atoms with Crippen LogP contribution < -0.4 is 11.3 Å². The Bertz CT molecular complexity index is 379. The standard InChI is InChI=1S/C14H23BrN2OS/c1-18-14(10-5-3-2-4-6-10)12(17-16)9-13-11(15)7-8-19-13/h7-8,10,12,14,17H,2-6,9,16H2,1H3. The molecule has 1 saturated carbocycles. The third-order valence-corrected chi connectivity index (χ3v) is 6.04. The van der Waals surface area contributed by atoms with Crippen molar-refractivity contribution in [1.82, 2.24) is 5.43 Å². The summed E-state index contributed by atoms with van der Waals surface area (Å²) < 4.78 is 6.96. The Hall–Kier alpha value is 0.0600. The first-order chi connectivity index (χ1) is 9.26. The Morgan fingerprint density at radius 1 is 1.47 bits per heavy atom. The molecule has 0 radical (unpaired) electrons. The highest BCUT2D eigenvalue weighted by atomic mass is 79.9. The van der Waals surface area contributed by atoms with Crippen molar-refractivity contribution in [2.45, 2.75) is 50.7 Å². The fourth-order valence-electron chi connectivity index (χ4n) is 3.09. The van der Waals surface area contributed by atoms with Gasteiger partial charge in [-0.05, 0) is 46.1 Å². The fraction of sp³-hybridized carbons (Fsp3) is 0.714. The van der Waals surface area contributed by atoms with Crippen molar-refractivity contribution in [2.75, 3.05) is 7.11 Å². The highest BCUT2D eigenvalue weighted by Gasteiger charge is 2.30. The van der Waals surface area contributed by atoms with Crippen molar-refractivity contribution in [3.05, 3.63) is 20.8 Å². The molecule has 1 aromatic heterocycles. The Morgan fingerprint density at radius 3 is 2.74 bits per heavy atom. The number of hydrogen-bond donors (Lipinski definition) is 2. The van der Waals surface area contributed by atoms with Gasteiger partial charge in [0.15, 0.2) is 0 Å². The minimum absolute atomic E-state index is 0.183. The largest absolute Gasteiger partial charge is 0.379 e. The van der Waals surface area contributed by atoms with Crippen LogP contribution >= 0.6 is 27.3 Å². The predicted octanol–water partition coefficient (Wildman–Crippen LogP) is 3.48. The maximum absolute atomic E-state index is 5.78. The first-order valence-corrected chi connectivity index (χ1v) is 8.64. The smallest absolute Gasteiger partial charge is 0.0769 e. The zero-order valence-electron chi connectivity index (χ0n) is 11.4. The summed E-state index contributed by atoms with van der Waals surface area (Å²) in [6.45, 7) is 0. The molecule has 1 aromatic rings. The highest BCUT2D eigenvalue weighted by molar-refractivity contribution is 9.10. The van der Waals surface area contributed by atoms with Crippen molar-refractivity contribution in [3.8, 4) is 0 Å². The molecular formula is C14H23BrN2OS. The van der Waals surface area contributed by atoms with Gasteiger partial charge in [0.1, 0.15) is 0 Å². The lowest BCUT2D eigenvalue weighted by Crippen LogP contribution is -2.49. The highest BCUT2D eigenvalue weighted by Crippen LogP contribution is 2.31. The van der Waals surface area contributed by atoms with Crippen molar-refractivity contribution >= 4 is 27.3 Å². The van der Waals surface area contributed by atoms with E-state index in [9.17, 15) is 0 Å². The van der Waals surface area contributed by atoms with Gasteiger partial charge in [-0.2, -0.15) is 0 Å². The summed E-state index contributed by atoms with van der Waals surface area (Å²) in [7, 11) is 1.81. The van der Waals surface area contributed by atoms with Crippen LogP contribution in [0.15, 0.2) is 15.9 Å². The molecule has 5 heteroatoms. The summed E-state index contributed by atoms with van der Waals surface area (Å²) in [6.07, 6.45) is 7.67. The minimum Gasteiger partial charge on any atom is -0.379 e. The van der Waals surface area contributed by atoms with Gasteiger partial charge in [0.05, 0.1) is 12.1 Å². The maximum atomic E-state index is 5.78. The number of rotatable bonds is 6. The maximum Gasteiger partial charge on any atom is 0.0769 e. The molecule has 3 nitrogen and oxygen atoms in total. The van der Waals surface area contributed by atoms with Gasteiger partial charge in [0.25, 0.3) is 0 Å². The fourth-order valence-corrected chi connectivity index (χ4v) is 4.66. The zero-order valence-corrected chi connectivity index (χ0v) is 13.8. The lowest BCUT2D eigenvalue weighted by molar-refractivity contribution is 0.00843. The number of hydrogen-bond acceptors (Lipinski definition) is 4. The molecule has 2 unspecified atom stereocenters. The van der Waals surface area contributed by atoms with E-state index >= 15 is 0 Å². The average Bonchev–Trinajstić information content (AvgIpc) is 2.85. The molecule has 0 aromatic carbocycles. The van der Waals surface area contributed by atoms with E-state index in [0.29, 0.717) is 5.92 Å². The summed E-state index contributed by atoms with van der Waals surface area (Å²) in [4.78, 5) is 1.33. The first-order valence-electron chi connectivity index (χ1n) is 6.97. The Kier molecular flexibility index (Phi) is 6.29. The van der Waals surface area contributed by atoms with E-state index in [1.165, 1.54) is 41.5 Å². The van der Waals surface area contributed by atoms with E-state index in [1.807, 2.05) is 7.11 Å². The summed E-state index contributed by atoms with van der Waals surface area (Å²) >= 11 is 5.36. The van der Waals surface area contributed by atoms with Crippen LogP contribution in [-0.2, 0) is 11.2 Å². The predicted molar refractivity (Wildman–Crippen MR) is 84.2 cm³/mol. The van der Waals surface area contributed by atoms with Crippen molar-refractivity contribution in [1.29, 1.82) is 0 Å². The molecule has 1 heterocycles. The Balaban J connectivity index is 2.03. The van der Waals surface area contributed by atoms with Crippen LogP contribution in [0.3, 0.4) is 0 Å². The summed E-state index contributed by atoms with van der Waals surface area (Å²) in [5.41, 5.74) is 2.98. The number of nitrogens with one attached hydrogen (secondary N) is 1. The van der Waals surface area contributed by atoms with Crippen molar-refractivity contribution in [3.63, 3.8) is 0 Å². The second-order valence-corrected chi connectivity index (χ2v) is 7.12. The third kappa shape index (κ3) is 4.02. The molecule has 1 fully saturated rings. The van der Waals surface area contributed by atoms with Crippen LogP contribution in [0.2, 0.25) is 0 Å². The van der Waals surface area contributed by atoms with Crippen LogP contribution in [-0.4, -0.2) is 19.3 Å². The van der Waals surface area contributed by atoms with E-state index in [1.54, 1.807) is 11.3 Å². The number of thiophene rings is 1. The molecule has 0 aliphatic heterocycles. The summed E-state index contributed by atoms with van der Waals surface area (Å²) in [5, 5.41) is 2.11. The van der Waals surface area contributed by atoms with Gasteiger partial charge in [0, 0.05) is 22.9 Å². The Morgan fingerprint density at radius 2 is 2.21 bits per heavy atom. The molecule has 108 valence electrons. The van der Waals surface area contributed by atoms with Crippen LogP contribution in [0.4, 0.5) is 0 Å². The second kappa shape index (κ2) is 7.74. The van der Waals surface area contributed by atoms with Gasteiger partial charge < -0.3 is 4.74 Å². The van der Waals surface area contributed by atoms with E-state index < -0.39 is 0 Å². The van der Waals surface area contributed by atoms with Gasteiger partial charge >= 0.3 is 0 Å². The van der Waals surface area contributed by atoms with Crippen molar-refractivity contribution < 1.29 is 4.74 Å².